The fourth-order valence-corrected chi connectivity index (χ4v) is 3.41. The third-order valence-electron chi connectivity index (χ3n) is 3.12. The Kier molecular flexibility index (Phi) is 5.20. The predicted octanol–water partition coefficient (Wildman–Crippen LogP) is 0.880. The first-order valence-electron chi connectivity index (χ1n) is 6.70. The van der Waals surface area contributed by atoms with Gasteiger partial charge in [0.15, 0.2) is 0 Å². The minimum Gasteiger partial charge on any atom is -0.497 e. The minimum atomic E-state index is -3.92. The number of methoxy groups -OCH3 is 1. The first kappa shape index (κ1) is 16.8. The summed E-state index contributed by atoms with van der Waals surface area (Å²) in [7, 11) is -2.45. The second-order valence-electron chi connectivity index (χ2n) is 4.59. The van der Waals surface area contributed by atoms with E-state index in [-0.39, 0.29) is 4.90 Å². The number of rotatable bonds is 6. The van der Waals surface area contributed by atoms with Gasteiger partial charge in [-0.1, -0.05) is 24.3 Å². The van der Waals surface area contributed by atoms with Crippen molar-refractivity contribution in [2.45, 2.75) is 4.90 Å². The van der Waals surface area contributed by atoms with Crippen LogP contribution >= 0.6 is 0 Å². The molecule has 122 valence electrons. The summed E-state index contributed by atoms with van der Waals surface area (Å²) < 4.78 is 31.8. The Morgan fingerprint density at radius 1 is 1.17 bits per heavy atom. The number of sulfonamides is 1. The number of anilines is 1. The van der Waals surface area contributed by atoms with Gasteiger partial charge < -0.3 is 4.74 Å². The van der Waals surface area contributed by atoms with Crippen LogP contribution in [0.2, 0.25) is 0 Å². The molecule has 0 unspecified atom stereocenters. The molecule has 0 aliphatic rings. The Bertz CT molecular complexity index is 778. The SMILES string of the molecule is COc1cccc(N(CC(=O)NN)S(=O)(=O)c2ccccc2)c1. The van der Waals surface area contributed by atoms with Gasteiger partial charge in [0.05, 0.1) is 17.7 Å². The van der Waals surface area contributed by atoms with Gasteiger partial charge >= 0.3 is 0 Å². The predicted molar refractivity (Wildman–Crippen MR) is 86.3 cm³/mol. The molecule has 0 aromatic heterocycles. The molecule has 2 rings (SSSR count). The Morgan fingerprint density at radius 2 is 1.87 bits per heavy atom. The topological polar surface area (TPSA) is 102 Å². The van der Waals surface area contributed by atoms with Crippen LogP contribution in [0.3, 0.4) is 0 Å². The standard InChI is InChI=1S/C15H17N3O4S/c1-22-13-7-5-6-12(10-13)18(11-15(19)17-16)23(20,21)14-8-3-2-4-9-14/h2-10H,11,16H2,1H3,(H,17,19). The second kappa shape index (κ2) is 7.12. The number of benzene rings is 2. The highest BCUT2D eigenvalue weighted by molar-refractivity contribution is 7.92. The lowest BCUT2D eigenvalue weighted by molar-refractivity contribution is -0.119. The zero-order valence-corrected chi connectivity index (χ0v) is 13.3. The Balaban J connectivity index is 2.51. The normalized spacial score (nSPS) is 10.9. The van der Waals surface area contributed by atoms with E-state index in [1.807, 2.05) is 5.43 Å². The van der Waals surface area contributed by atoms with Gasteiger partial charge in [-0.25, -0.2) is 14.3 Å². The number of carbonyl (C=O) groups is 1. The molecule has 0 spiro atoms. The molecule has 0 saturated carbocycles. The number of hydrogen-bond donors (Lipinski definition) is 2. The zero-order chi connectivity index (χ0) is 16.9. The molecule has 2 aromatic carbocycles. The van der Waals surface area contributed by atoms with Crippen LogP contribution in [0.5, 0.6) is 5.75 Å². The van der Waals surface area contributed by atoms with Gasteiger partial charge in [-0.3, -0.25) is 14.5 Å². The zero-order valence-electron chi connectivity index (χ0n) is 12.5. The lowest BCUT2D eigenvalue weighted by Crippen LogP contribution is -2.43. The molecule has 0 radical (unpaired) electrons. The molecule has 23 heavy (non-hydrogen) atoms. The number of amides is 1. The molecule has 0 saturated heterocycles. The van der Waals surface area contributed by atoms with E-state index >= 15 is 0 Å². The molecule has 0 heterocycles. The van der Waals surface area contributed by atoms with Crippen molar-refractivity contribution in [3.05, 3.63) is 54.6 Å². The Morgan fingerprint density at radius 3 is 2.48 bits per heavy atom. The van der Waals surface area contributed by atoms with E-state index in [1.165, 1.54) is 25.3 Å². The van der Waals surface area contributed by atoms with Crippen molar-refractivity contribution in [2.75, 3.05) is 18.0 Å². The minimum absolute atomic E-state index is 0.0765. The molecule has 0 aliphatic heterocycles. The number of nitrogens with one attached hydrogen (secondary N) is 1. The number of hydrazine groups is 1. The molecule has 0 atom stereocenters. The van der Waals surface area contributed by atoms with Crippen molar-refractivity contribution in [1.29, 1.82) is 0 Å². The van der Waals surface area contributed by atoms with Crippen LogP contribution in [0.15, 0.2) is 59.5 Å². The number of nitrogens with two attached hydrogens (primary N) is 1. The van der Waals surface area contributed by atoms with E-state index in [2.05, 4.69) is 0 Å². The van der Waals surface area contributed by atoms with Crippen LogP contribution in [-0.2, 0) is 14.8 Å². The third kappa shape index (κ3) is 3.79. The van der Waals surface area contributed by atoms with Crippen molar-refractivity contribution >= 4 is 21.6 Å². The van der Waals surface area contributed by atoms with Crippen molar-refractivity contribution in [3.8, 4) is 5.75 Å². The lowest BCUT2D eigenvalue weighted by atomic mass is 10.3. The summed E-state index contributed by atoms with van der Waals surface area (Å²) in [5, 5.41) is 0. The average Bonchev–Trinajstić information content (AvgIpc) is 2.60. The quantitative estimate of drug-likeness (QED) is 0.463. The fraction of sp³-hybridized carbons (Fsp3) is 0.133. The summed E-state index contributed by atoms with van der Waals surface area (Å²) in [6, 6.07) is 14.3. The van der Waals surface area contributed by atoms with Crippen LogP contribution < -0.4 is 20.3 Å². The van der Waals surface area contributed by atoms with E-state index in [0.717, 1.165) is 4.31 Å². The van der Waals surface area contributed by atoms with Crippen molar-refractivity contribution < 1.29 is 17.9 Å². The van der Waals surface area contributed by atoms with E-state index in [0.29, 0.717) is 11.4 Å². The summed E-state index contributed by atoms with van der Waals surface area (Å²) in [5.41, 5.74) is 2.24. The van der Waals surface area contributed by atoms with Gasteiger partial charge in [-0.2, -0.15) is 0 Å². The fourth-order valence-electron chi connectivity index (χ4n) is 1.98. The lowest BCUT2D eigenvalue weighted by Gasteiger charge is -2.24. The molecule has 0 bridgehead atoms. The summed E-state index contributed by atoms with van der Waals surface area (Å²) in [6.07, 6.45) is 0. The second-order valence-corrected chi connectivity index (χ2v) is 6.46. The third-order valence-corrected chi connectivity index (χ3v) is 4.91. The molecule has 8 heteroatoms. The molecule has 0 fully saturated rings. The molecule has 3 N–H and O–H groups in total. The monoisotopic (exact) mass is 335 g/mol. The molecular weight excluding hydrogens is 318 g/mol. The van der Waals surface area contributed by atoms with Crippen LogP contribution in [-0.4, -0.2) is 28.0 Å². The van der Waals surface area contributed by atoms with Crippen LogP contribution in [0.25, 0.3) is 0 Å². The number of hydrogen-bond acceptors (Lipinski definition) is 5. The van der Waals surface area contributed by atoms with Gasteiger partial charge in [-0.15, -0.1) is 0 Å². The molecule has 1 amide bonds. The van der Waals surface area contributed by atoms with Gasteiger partial charge in [-0.05, 0) is 24.3 Å². The van der Waals surface area contributed by atoms with Gasteiger partial charge in [0.2, 0.25) is 0 Å². The highest BCUT2D eigenvalue weighted by atomic mass is 32.2. The number of ether oxygens (including phenoxy) is 1. The molecule has 7 nitrogen and oxygen atoms in total. The summed E-state index contributed by atoms with van der Waals surface area (Å²) >= 11 is 0. The van der Waals surface area contributed by atoms with Gasteiger partial charge in [0, 0.05) is 6.07 Å². The van der Waals surface area contributed by atoms with Gasteiger partial charge in [0.25, 0.3) is 15.9 Å². The largest absolute Gasteiger partial charge is 0.497 e. The van der Waals surface area contributed by atoms with E-state index in [4.69, 9.17) is 10.6 Å². The summed E-state index contributed by atoms with van der Waals surface area (Å²) in [6.45, 7) is -0.444. The van der Waals surface area contributed by atoms with E-state index in [9.17, 15) is 13.2 Å². The highest BCUT2D eigenvalue weighted by Gasteiger charge is 2.27. The smallest absolute Gasteiger partial charge is 0.264 e. The maximum atomic E-state index is 12.8. The number of nitrogens with zero attached hydrogens (tertiary/aromatic N) is 1. The van der Waals surface area contributed by atoms with Gasteiger partial charge in [0.1, 0.15) is 12.3 Å². The molecule has 0 aliphatic carbocycles. The van der Waals surface area contributed by atoms with Crippen molar-refractivity contribution in [2.24, 2.45) is 5.84 Å². The number of carbonyl (C=O) groups excluding carboxylic acids is 1. The first-order valence-corrected chi connectivity index (χ1v) is 8.14. The van der Waals surface area contributed by atoms with Crippen molar-refractivity contribution in [1.82, 2.24) is 5.43 Å². The highest BCUT2D eigenvalue weighted by Crippen LogP contribution is 2.26. The van der Waals surface area contributed by atoms with Crippen LogP contribution in [0.1, 0.15) is 0 Å². The molecule has 2 aromatic rings. The Hall–Kier alpha value is -2.58. The molecular formula is C15H17N3O4S. The summed E-state index contributed by atoms with van der Waals surface area (Å²) in [5.74, 6) is 4.93. The average molecular weight is 335 g/mol. The van der Waals surface area contributed by atoms with E-state index in [1.54, 1.807) is 36.4 Å². The maximum Gasteiger partial charge on any atom is 0.264 e. The summed E-state index contributed by atoms with van der Waals surface area (Å²) in [4.78, 5) is 11.7. The van der Waals surface area contributed by atoms with Crippen molar-refractivity contribution in [3.63, 3.8) is 0 Å². The van der Waals surface area contributed by atoms with Crippen LogP contribution in [0, 0.1) is 0 Å². The Labute approximate surface area is 134 Å². The first-order chi connectivity index (χ1) is 11.0. The van der Waals surface area contributed by atoms with Crippen LogP contribution in [0.4, 0.5) is 5.69 Å². The van der Waals surface area contributed by atoms with E-state index < -0.39 is 22.5 Å². The maximum absolute atomic E-state index is 12.8.